The summed E-state index contributed by atoms with van der Waals surface area (Å²) in [5.41, 5.74) is 1.95. The van der Waals surface area contributed by atoms with Crippen LogP contribution < -0.4 is 10.8 Å². The third kappa shape index (κ3) is 4.63. The number of imidazole rings is 1. The first-order valence-corrected chi connectivity index (χ1v) is 11.2. The van der Waals surface area contributed by atoms with Crippen molar-refractivity contribution in [2.24, 2.45) is 0 Å². The Morgan fingerprint density at radius 2 is 1.88 bits per heavy atom. The molecule has 0 aliphatic carbocycles. The Bertz CT molecular complexity index is 1000. The monoisotopic (exact) mass is 454 g/mol. The number of H-pyrrole nitrogens is 1. The summed E-state index contributed by atoms with van der Waals surface area (Å²) in [6.45, 7) is 8.68. The van der Waals surface area contributed by atoms with Crippen molar-refractivity contribution in [3.8, 4) is 11.3 Å². The predicted molar refractivity (Wildman–Crippen MR) is 124 cm³/mol. The second kappa shape index (κ2) is 8.83. The van der Waals surface area contributed by atoms with Gasteiger partial charge in [0.25, 0.3) is 0 Å². The second-order valence-electron chi connectivity index (χ2n) is 9.47. The lowest BCUT2D eigenvalue weighted by Crippen LogP contribution is -2.41. The summed E-state index contributed by atoms with van der Waals surface area (Å²) in [4.78, 5) is 33.6. The van der Waals surface area contributed by atoms with Crippen LogP contribution in [0, 0.1) is 0 Å². The summed E-state index contributed by atoms with van der Waals surface area (Å²) in [6, 6.07) is 7.84. The van der Waals surface area contributed by atoms with Crippen LogP contribution in [0.1, 0.15) is 52.4 Å². The number of hydrogen-bond donors (Lipinski definition) is 2. The van der Waals surface area contributed by atoms with Gasteiger partial charge in [0, 0.05) is 18.3 Å². The minimum atomic E-state index is -0.622. The van der Waals surface area contributed by atoms with Gasteiger partial charge < -0.3 is 29.2 Å². The van der Waals surface area contributed by atoms with Crippen LogP contribution in [-0.2, 0) is 18.8 Å². The van der Waals surface area contributed by atoms with Crippen molar-refractivity contribution in [3.05, 3.63) is 36.3 Å². The maximum absolute atomic E-state index is 12.6. The number of aromatic amines is 1. The maximum atomic E-state index is 12.6. The summed E-state index contributed by atoms with van der Waals surface area (Å²) in [5.74, 6) is 0.580. The number of benzene rings is 1. The zero-order valence-corrected chi connectivity index (χ0v) is 19.8. The van der Waals surface area contributed by atoms with Crippen LogP contribution >= 0.6 is 0 Å². The summed E-state index contributed by atoms with van der Waals surface area (Å²) in [5, 5.41) is 2.45. The molecule has 2 aliphatic heterocycles. The summed E-state index contributed by atoms with van der Waals surface area (Å²) >= 11 is 0. The minimum Gasteiger partial charge on any atom is -0.453 e. The van der Waals surface area contributed by atoms with Crippen LogP contribution in [0.15, 0.2) is 30.5 Å². The highest BCUT2D eigenvalue weighted by molar-refractivity contribution is 6.62. The number of nitrogens with zero attached hydrogens (tertiary/aromatic N) is 2. The van der Waals surface area contributed by atoms with Crippen molar-refractivity contribution >= 4 is 24.6 Å². The molecule has 2 N–H and O–H groups in total. The van der Waals surface area contributed by atoms with Gasteiger partial charge in [0.05, 0.1) is 30.0 Å². The van der Waals surface area contributed by atoms with E-state index in [2.05, 4.69) is 15.0 Å². The van der Waals surface area contributed by atoms with Crippen LogP contribution in [0.4, 0.5) is 4.79 Å². The normalized spacial score (nSPS) is 21.3. The molecule has 1 aromatic carbocycles. The SMILES string of the molecule is COC(=O)NCC(=O)N1CCCC1c1nc(-c2ccc(B3OC(C)(C)C(C)(C)O3)cc2)c[nH]1. The van der Waals surface area contributed by atoms with Crippen molar-refractivity contribution in [2.75, 3.05) is 20.2 Å². The van der Waals surface area contributed by atoms with E-state index >= 15 is 0 Å². The predicted octanol–water partition coefficient (Wildman–Crippen LogP) is 2.40. The molecular weight excluding hydrogens is 423 g/mol. The largest absolute Gasteiger partial charge is 0.494 e. The number of nitrogens with one attached hydrogen (secondary N) is 2. The van der Waals surface area contributed by atoms with Crippen molar-refractivity contribution in [1.29, 1.82) is 0 Å². The molecule has 0 saturated carbocycles. The number of hydrogen-bond acceptors (Lipinski definition) is 6. The number of likely N-dealkylation sites (tertiary alicyclic amines) is 1. The van der Waals surface area contributed by atoms with Crippen molar-refractivity contribution in [1.82, 2.24) is 20.2 Å². The molecule has 2 amide bonds. The fourth-order valence-corrected chi connectivity index (χ4v) is 4.12. The first-order valence-electron chi connectivity index (χ1n) is 11.2. The van der Waals surface area contributed by atoms with Crippen LogP contribution in [0.5, 0.6) is 0 Å². The van der Waals surface area contributed by atoms with E-state index in [1.165, 1.54) is 7.11 Å². The Labute approximate surface area is 194 Å². The second-order valence-corrected chi connectivity index (χ2v) is 9.47. The molecule has 2 aromatic rings. The van der Waals surface area contributed by atoms with Gasteiger partial charge in [-0.05, 0) is 46.0 Å². The highest BCUT2D eigenvalue weighted by atomic mass is 16.7. The van der Waals surface area contributed by atoms with E-state index in [-0.39, 0.29) is 29.7 Å². The fraction of sp³-hybridized carbons (Fsp3) is 0.522. The van der Waals surface area contributed by atoms with Gasteiger partial charge >= 0.3 is 13.2 Å². The molecule has 1 atom stereocenters. The Balaban J connectivity index is 1.44. The van der Waals surface area contributed by atoms with Crippen molar-refractivity contribution in [2.45, 2.75) is 57.8 Å². The summed E-state index contributed by atoms with van der Waals surface area (Å²) < 4.78 is 16.8. The van der Waals surface area contributed by atoms with Crippen LogP contribution in [-0.4, -0.2) is 65.4 Å². The highest BCUT2D eigenvalue weighted by Crippen LogP contribution is 2.36. The molecule has 1 unspecified atom stereocenters. The molecule has 33 heavy (non-hydrogen) atoms. The van der Waals surface area contributed by atoms with E-state index in [1.54, 1.807) is 4.90 Å². The molecule has 3 heterocycles. The lowest BCUT2D eigenvalue weighted by atomic mass is 9.79. The van der Waals surface area contributed by atoms with Crippen LogP contribution in [0.3, 0.4) is 0 Å². The molecule has 1 aromatic heterocycles. The molecule has 0 bridgehead atoms. The average molecular weight is 454 g/mol. The van der Waals surface area contributed by atoms with Gasteiger partial charge in [-0.15, -0.1) is 0 Å². The third-order valence-corrected chi connectivity index (χ3v) is 6.79. The number of alkyl carbamates (subject to hydrolysis) is 1. The average Bonchev–Trinajstić information content (AvgIpc) is 3.49. The Hall–Kier alpha value is -2.85. The van der Waals surface area contributed by atoms with Crippen LogP contribution in [0.2, 0.25) is 0 Å². The summed E-state index contributed by atoms with van der Waals surface area (Å²) in [7, 11) is 0.862. The molecule has 10 heteroatoms. The molecule has 2 saturated heterocycles. The Morgan fingerprint density at radius 1 is 1.21 bits per heavy atom. The zero-order chi connectivity index (χ0) is 23.8. The standard InChI is InChI=1S/C23H31BN4O5/c1-22(2)23(3,4)33-24(32-22)16-10-8-15(9-11-16)17-13-25-20(27-17)18-7-6-12-28(18)19(29)14-26-21(30)31-5/h8-11,13,18H,6-7,12,14H2,1-5H3,(H,25,27)(H,26,30). The van der Waals surface area contributed by atoms with Gasteiger partial charge in [-0.1, -0.05) is 24.3 Å². The quantitative estimate of drug-likeness (QED) is 0.673. The van der Waals surface area contributed by atoms with E-state index in [0.717, 1.165) is 35.4 Å². The third-order valence-electron chi connectivity index (χ3n) is 6.79. The number of methoxy groups -OCH3 is 1. The van der Waals surface area contributed by atoms with E-state index in [0.29, 0.717) is 6.54 Å². The number of rotatable bonds is 5. The van der Waals surface area contributed by atoms with Crippen LogP contribution in [0.25, 0.3) is 11.3 Å². The van der Waals surface area contributed by atoms with Gasteiger partial charge in [-0.2, -0.15) is 0 Å². The number of carbonyl (C=O) groups is 2. The number of amides is 2. The molecule has 0 spiro atoms. The maximum Gasteiger partial charge on any atom is 0.494 e. The van der Waals surface area contributed by atoms with Gasteiger partial charge in [0.2, 0.25) is 5.91 Å². The van der Waals surface area contributed by atoms with Crippen molar-refractivity contribution < 1.29 is 23.6 Å². The van der Waals surface area contributed by atoms with Gasteiger partial charge in [0.1, 0.15) is 12.4 Å². The van der Waals surface area contributed by atoms with E-state index in [9.17, 15) is 9.59 Å². The van der Waals surface area contributed by atoms with Gasteiger partial charge in [-0.3, -0.25) is 4.79 Å². The first-order chi connectivity index (χ1) is 15.6. The lowest BCUT2D eigenvalue weighted by Gasteiger charge is -2.32. The lowest BCUT2D eigenvalue weighted by molar-refractivity contribution is -0.131. The Kier molecular flexibility index (Phi) is 6.24. The molecule has 2 fully saturated rings. The topological polar surface area (TPSA) is 106 Å². The number of aromatic nitrogens is 2. The molecule has 2 aliphatic rings. The first kappa shape index (κ1) is 23.3. The molecule has 4 rings (SSSR count). The Morgan fingerprint density at radius 3 is 2.52 bits per heavy atom. The molecule has 0 radical (unpaired) electrons. The molecular formula is C23H31BN4O5. The molecule has 9 nitrogen and oxygen atoms in total. The van der Waals surface area contributed by atoms with E-state index < -0.39 is 13.2 Å². The minimum absolute atomic E-state index is 0.100. The number of ether oxygens (including phenoxy) is 1. The zero-order valence-electron chi connectivity index (χ0n) is 19.8. The van der Waals surface area contributed by atoms with Gasteiger partial charge in [-0.25, -0.2) is 9.78 Å². The van der Waals surface area contributed by atoms with E-state index in [4.69, 9.17) is 14.3 Å². The molecule has 176 valence electrons. The van der Waals surface area contributed by atoms with E-state index in [1.807, 2.05) is 58.2 Å². The smallest absolute Gasteiger partial charge is 0.453 e. The van der Waals surface area contributed by atoms with Crippen molar-refractivity contribution in [3.63, 3.8) is 0 Å². The fourth-order valence-electron chi connectivity index (χ4n) is 4.12. The summed E-state index contributed by atoms with van der Waals surface area (Å²) in [6.07, 6.45) is 2.93. The van der Waals surface area contributed by atoms with Gasteiger partial charge in [0.15, 0.2) is 0 Å². The number of carbonyl (C=O) groups excluding carboxylic acids is 2. The highest BCUT2D eigenvalue weighted by Gasteiger charge is 2.51.